The summed E-state index contributed by atoms with van der Waals surface area (Å²) in [7, 11) is 0. The van der Waals surface area contributed by atoms with Gasteiger partial charge >= 0.3 is 0 Å². The van der Waals surface area contributed by atoms with Gasteiger partial charge in [-0.1, -0.05) is 13.8 Å². The Balaban J connectivity index is 1.54. The van der Waals surface area contributed by atoms with Crippen LogP contribution >= 0.6 is 0 Å². The first-order valence-corrected chi connectivity index (χ1v) is 9.95. The fraction of sp³-hybridized carbons (Fsp3) is 0.619. The SMILES string of the molecule is CCOC1CC(N)(C(=O)N2CCC(C(=O)Nc3ccc(F)cc3)CC2)C1(C)C. The molecule has 28 heavy (non-hydrogen) atoms. The van der Waals surface area contributed by atoms with Crippen LogP contribution in [0.5, 0.6) is 0 Å². The number of nitrogens with one attached hydrogen (secondary N) is 1. The lowest BCUT2D eigenvalue weighted by atomic mass is 9.54. The van der Waals surface area contributed by atoms with Gasteiger partial charge in [0.2, 0.25) is 11.8 Å². The number of ether oxygens (including phenoxy) is 1. The van der Waals surface area contributed by atoms with Gasteiger partial charge in [0.15, 0.2) is 0 Å². The van der Waals surface area contributed by atoms with Gasteiger partial charge in [-0.15, -0.1) is 0 Å². The van der Waals surface area contributed by atoms with Gasteiger partial charge < -0.3 is 20.7 Å². The van der Waals surface area contributed by atoms with Crippen molar-refractivity contribution in [3.05, 3.63) is 30.1 Å². The molecular weight excluding hydrogens is 361 g/mol. The van der Waals surface area contributed by atoms with Crippen molar-refractivity contribution in [3.63, 3.8) is 0 Å². The highest BCUT2D eigenvalue weighted by atomic mass is 19.1. The summed E-state index contributed by atoms with van der Waals surface area (Å²) in [5, 5.41) is 2.82. The molecule has 1 aliphatic heterocycles. The summed E-state index contributed by atoms with van der Waals surface area (Å²) in [6, 6.07) is 5.70. The van der Waals surface area contributed by atoms with Crippen molar-refractivity contribution >= 4 is 17.5 Å². The topological polar surface area (TPSA) is 84.7 Å². The Kier molecular flexibility index (Phi) is 5.77. The van der Waals surface area contributed by atoms with Crippen LogP contribution in [-0.4, -0.2) is 48.1 Å². The molecule has 6 nitrogen and oxygen atoms in total. The van der Waals surface area contributed by atoms with E-state index in [-0.39, 0.29) is 29.7 Å². The van der Waals surface area contributed by atoms with Crippen molar-refractivity contribution in [1.82, 2.24) is 4.90 Å². The summed E-state index contributed by atoms with van der Waals surface area (Å²) < 4.78 is 18.7. The third-order valence-corrected chi connectivity index (χ3v) is 6.48. The first-order chi connectivity index (χ1) is 13.2. The highest BCUT2D eigenvalue weighted by molar-refractivity contribution is 5.93. The minimum atomic E-state index is -0.921. The van der Waals surface area contributed by atoms with E-state index in [1.807, 2.05) is 20.8 Å². The molecule has 0 radical (unpaired) electrons. The Bertz CT molecular complexity index is 729. The lowest BCUT2D eigenvalue weighted by Crippen LogP contribution is -2.76. The number of nitrogens with zero attached hydrogens (tertiary/aromatic N) is 1. The molecule has 1 aliphatic carbocycles. The summed E-state index contributed by atoms with van der Waals surface area (Å²) >= 11 is 0. The highest BCUT2D eigenvalue weighted by Gasteiger charge is 2.63. The van der Waals surface area contributed by atoms with Gasteiger partial charge in [0.1, 0.15) is 11.4 Å². The molecule has 3 N–H and O–H groups in total. The van der Waals surface area contributed by atoms with Gasteiger partial charge in [-0.2, -0.15) is 0 Å². The van der Waals surface area contributed by atoms with Gasteiger partial charge in [-0.25, -0.2) is 4.39 Å². The molecule has 1 aromatic rings. The summed E-state index contributed by atoms with van der Waals surface area (Å²) in [6.07, 6.45) is 1.69. The van der Waals surface area contributed by atoms with Crippen molar-refractivity contribution in [2.75, 3.05) is 25.0 Å². The maximum Gasteiger partial charge on any atom is 0.243 e. The summed E-state index contributed by atoms with van der Waals surface area (Å²) in [4.78, 5) is 27.3. The molecule has 2 atom stereocenters. The second-order valence-electron chi connectivity index (χ2n) is 8.40. The largest absolute Gasteiger partial charge is 0.378 e. The lowest BCUT2D eigenvalue weighted by molar-refractivity contribution is -0.180. The molecule has 1 saturated carbocycles. The van der Waals surface area contributed by atoms with Crippen LogP contribution in [0.25, 0.3) is 0 Å². The number of piperidine rings is 1. The number of amides is 2. The Morgan fingerprint density at radius 1 is 1.25 bits per heavy atom. The molecule has 2 amide bonds. The Hall–Kier alpha value is -1.99. The van der Waals surface area contributed by atoms with Gasteiger partial charge in [-0.3, -0.25) is 9.59 Å². The standard InChI is InChI=1S/C21H30FN3O3/c1-4-28-17-13-21(23,20(17,2)3)19(27)25-11-9-14(10-12-25)18(26)24-16-7-5-15(22)6-8-16/h5-8,14,17H,4,9-13,23H2,1-3H3,(H,24,26). The van der Waals surface area contributed by atoms with Crippen molar-refractivity contribution in [1.29, 1.82) is 0 Å². The summed E-state index contributed by atoms with van der Waals surface area (Å²) in [6.45, 7) is 7.53. The summed E-state index contributed by atoms with van der Waals surface area (Å²) in [5.41, 5.74) is 5.74. The van der Waals surface area contributed by atoms with Gasteiger partial charge in [-0.05, 0) is 44.0 Å². The third kappa shape index (κ3) is 3.65. The molecule has 0 spiro atoms. The molecule has 2 fully saturated rings. The van der Waals surface area contributed by atoms with E-state index in [9.17, 15) is 14.0 Å². The van der Waals surface area contributed by atoms with E-state index in [0.717, 1.165) is 0 Å². The van der Waals surface area contributed by atoms with E-state index in [1.165, 1.54) is 24.3 Å². The van der Waals surface area contributed by atoms with Crippen LogP contribution in [-0.2, 0) is 14.3 Å². The number of hydrogen-bond donors (Lipinski definition) is 2. The van der Waals surface area contributed by atoms with E-state index < -0.39 is 11.0 Å². The van der Waals surface area contributed by atoms with Crippen LogP contribution in [0, 0.1) is 17.2 Å². The van der Waals surface area contributed by atoms with Crippen LogP contribution in [0.15, 0.2) is 24.3 Å². The number of anilines is 1. The molecule has 7 heteroatoms. The van der Waals surface area contributed by atoms with Gasteiger partial charge in [0.25, 0.3) is 0 Å². The normalized spacial score (nSPS) is 27.2. The van der Waals surface area contributed by atoms with E-state index in [2.05, 4.69) is 5.32 Å². The molecule has 0 aromatic heterocycles. The molecule has 1 saturated heterocycles. The monoisotopic (exact) mass is 391 g/mol. The molecule has 1 heterocycles. The molecular formula is C21H30FN3O3. The Morgan fingerprint density at radius 3 is 2.39 bits per heavy atom. The van der Waals surface area contributed by atoms with Gasteiger partial charge in [0, 0.05) is 43.1 Å². The summed E-state index contributed by atoms with van der Waals surface area (Å²) in [5.74, 6) is -0.660. The Labute approximate surface area is 165 Å². The average Bonchev–Trinajstić information content (AvgIpc) is 2.69. The van der Waals surface area contributed by atoms with Crippen LogP contribution in [0.3, 0.4) is 0 Å². The smallest absolute Gasteiger partial charge is 0.243 e. The highest BCUT2D eigenvalue weighted by Crippen LogP contribution is 2.50. The number of carbonyl (C=O) groups is 2. The first kappa shape index (κ1) is 20.7. The van der Waals surface area contributed by atoms with Crippen LogP contribution in [0.1, 0.15) is 40.0 Å². The molecule has 2 aliphatic rings. The number of halogens is 1. The van der Waals surface area contributed by atoms with Crippen molar-refractivity contribution < 1.29 is 18.7 Å². The minimum Gasteiger partial charge on any atom is -0.378 e. The maximum atomic E-state index is 13.1. The van der Waals surface area contributed by atoms with Crippen LogP contribution in [0.2, 0.25) is 0 Å². The molecule has 154 valence electrons. The van der Waals surface area contributed by atoms with Crippen molar-refractivity contribution in [2.24, 2.45) is 17.1 Å². The lowest BCUT2D eigenvalue weighted by Gasteiger charge is -2.59. The molecule has 2 unspecified atom stereocenters. The number of rotatable bonds is 5. The van der Waals surface area contributed by atoms with Crippen LogP contribution < -0.4 is 11.1 Å². The Morgan fingerprint density at radius 2 is 1.86 bits per heavy atom. The fourth-order valence-corrected chi connectivity index (χ4v) is 4.20. The zero-order chi connectivity index (χ0) is 20.5. The van der Waals surface area contributed by atoms with Gasteiger partial charge in [0.05, 0.1) is 6.10 Å². The molecule has 0 bridgehead atoms. The van der Waals surface area contributed by atoms with Crippen molar-refractivity contribution in [3.8, 4) is 0 Å². The third-order valence-electron chi connectivity index (χ3n) is 6.48. The minimum absolute atomic E-state index is 0.00882. The average molecular weight is 391 g/mol. The second-order valence-corrected chi connectivity index (χ2v) is 8.40. The fourth-order valence-electron chi connectivity index (χ4n) is 4.20. The predicted octanol–water partition coefficient (Wildman–Crippen LogP) is 2.54. The molecule has 3 rings (SSSR count). The van der Waals surface area contributed by atoms with Crippen molar-refractivity contribution in [2.45, 2.75) is 51.7 Å². The zero-order valence-electron chi connectivity index (χ0n) is 16.8. The quantitative estimate of drug-likeness (QED) is 0.808. The van der Waals surface area contributed by atoms with E-state index >= 15 is 0 Å². The molecule has 1 aromatic carbocycles. The number of hydrogen-bond acceptors (Lipinski definition) is 4. The maximum absolute atomic E-state index is 13.1. The zero-order valence-corrected chi connectivity index (χ0v) is 16.8. The predicted molar refractivity (Wildman–Crippen MR) is 105 cm³/mol. The van der Waals surface area contributed by atoms with E-state index in [4.69, 9.17) is 10.5 Å². The van der Waals surface area contributed by atoms with E-state index in [1.54, 1.807) is 4.90 Å². The van der Waals surface area contributed by atoms with Crippen LogP contribution in [0.4, 0.5) is 10.1 Å². The van der Waals surface area contributed by atoms with E-state index in [0.29, 0.717) is 44.6 Å². The number of benzene rings is 1. The second kappa shape index (κ2) is 7.79. The number of likely N-dealkylation sites (tertiary alicyclic amines) is 1. The first-order valence-electron chi connectivity index (χ1n) is 9.95. The number of nitrogens with two attached hydrogens (primary N) is 1. The number of carbonyl (C=O) groups excluding carboxylic acids is 2.